The van der Waals surface area contributed by atoms with Crippen molar-refractivity contribution in [2.24, 2.45) is 5.41 Å². The maximum atomic E-state index is 13.3. The minimum Gasteiger partial charge on any atom is -0.368 e. The van der Waals surface area contributed by atoms with Crippen molar-refractivity contribution in [2.75, 3.05) is 6.61 Å². The maximum absolute atomic E-state index is 13.3. The van der Waals surface area contributed by atoms with Gasteiger partial charge in [-0.3, -0.25) is 4.79 Å². The van der Waals surface area contributed by atoms with Crippen LogP contribution in [0.1, 0.15) is 50.4 Å². The van der Waals surface area contributed by atoms with Crippen molar-refractivity contribution in [2.45, 2.75) is 51.7 Å². The normalized spacial score (nSPS) is 24.3. The average Bonchev–Trinajstić information content (AvgIpc) is 3.24. The zero-order valence-electron chi connectivity index (χ0n) is 15.2. The molecule has 1 aliphatic carbocycles. The molecule has 1 aliphatic heterocycles. The third-order valence-corrected chi connectivity index (χ3v) is 5.29. The highest BCUT2D eigenvalue weighted by molar-refractivity contribution is 5.81. The van der Waals surface area contributed by atoms with Crippen LogP contribution in [-0.2, 0) is 16.0 Å². The van der Waals surface area contributed by atoms with Crippen molar-refractivity contribution in [1.29, 1.82) is 0 Å². The molecule has 0 spiro atoms. The van der Waals surface area contributed by atoms with E-state index >= 15 is 0 Å². The molecular formula is C20H24FN3O2. The van der Waals surface area contributed by atoms with Crippen LogP contribution >= 0.6 is 0 Å². The molecule has 1 fully saturated rings. The number of hydrogen-bond donors (Lipinski definition) is 1. The van der Waals surface area contributed by atoms with Gasteiger partial charge in [0.05, 0.1) is 23.6 Å². The van der Waals surface area contributed by atoms with E-state index < -0.39 is 0 Å². The summed E-state index contributed by atoms with van der Waals surface area (Å²) in [6.45, 7) is 5.05. The summed E-state index contributed by atoms with van der Waals surface area (Å²) in [4.78, 5) is 12.5. The second kappa shape index (κ2) is 6.50. The van der Waals surface area contributed by atoms with Gasteiger partial charge in [0.25, 0.3) is 0 Å². The van der Waals surface area contributed by atoms with Gasteiger partial charge in [0.15, 0.2) is 0 Å². The van der Waals surface area contributed by atoms with Crippen LogP contribution in [-0.4, -0.2) is 28.4 Å². The lowest BCUT2D eigenvalue weighted by molar-refractivity contribution is -0.131. The Morgan fingerprint density at radius 2 is 2.12 bits per heavy atom. The summed E-state index contributed by atoms with van der Waals surface area (Å²) in [6, 6.07) is 6.25. The van der Waals surface area contributed by atoms with E-state index in [9.17, 15) is 9.18 Å². The van der Waals surface area contributed by atoms with Crippen LogP contribution in [0, 0.1) is 11.2 Å². The van der Waals surface area contributed by atoms with Gasteiger partial charge in [-0.05, 0) is 55.4 Å². The van der Waals surface area contributed by atoms with E-state index in [1.165, 1.54) is 12.1 Å². The van der Waals surface area contributed by atoms with E-state index in [4.69, 9.17) is 4.74 Å². The van der Waals surface area contributed by atoms with E-state index in [0.717, 1.165) is 42.6 Å². The number of aromatic nitrogens is 2. The summed E-state index contributed by atoms with van der Waals surface area (Å²) in [5.41, 5.74) is 2.97. The van der Waals surface area contributed by atoms with Crippen molar-refractivity contribution in [3.63, 3.8) is 0 Å². The number of benzene rings is 1. The fraction of sp³-hybridized carbons (Fsp3) is 0.500. The second-order valence-corrected chi connectivity index (χ2v) is 8.04. The first-order chi connectivity index (χ1) is 12.4. The number of carbonyl (C=O) groups excluding carboxylic acids is 1. The topological polar surface area (TPSA) is 56.2 Å². The zero-order chi connectivity index (χ0) is 18.3. The van der Waals surface area contributed by atoms with Crippen molar-refractivity contribution < 1.29 is 13.9 Å². The molecule has 0 radical (unpaired) electrons. The highest BCUT2D eigenvalue weighted by Gasteiger charge is 2.37. The largest absolute Gasteiger partial charge is 0.368 e. The second-order valence-electron chi connectivity index (χ2n) is 8.04. The fourth-order valence-corrected chi connectivity index (χ4v) is 4.03. The van der Waals surface area contributed by atoms with E-state index in [-0.39, 0.29) is 29.3 Å². The first kappa shape index (κ1) is 17.2. The maximum Gasteiger partial charge on any atom is 0.249 e. The molecule has 138 valence electrons. The van der Waals surface area contributed by atoms with Crippen LogP contribution in [0.5, 0.6) is 0 Å². The molecule has 0 saturated carbocycles. The summed E-state index contributed by atoms with van der Waals surface area (Å²) in [7, 11) is 0. The van der Waals surface area contributed by atoms with Gasteiger partial charge in [-0.1, -0.05) is 13.8 Å². The van der Waals surface area contributed by atoms with Crippen LogP contribution in [0.25, 0.3) is 5.69 Å². The van der Waals surface area contributed by atoms with Gasteiger partial charge in [-0.25, -0.2) is 9.07 Å². The smallest absolute Gasteiger partial charge is 0.249 e. The highest BCUT2D eigenvalue weighted by Crippen LogP contribution is 2.41. The van der Waals surface area contributed by atoms with Gasteiger partial charge in [-0.15, -0.1) is 0 Å². The number of hydrogen-bond acceptors (Lipinski definition) is 3. The summed E-state index contributed by atoms with van der Waals surface area (Å²) < 4.78 is 20.6. The average molecular weight is 357 g/mol. The molecule has 2 heterocycles. The van der Waals surface area contributed by atoms with Gasteiger partial charge >= 0.3 is 0 Å². The van der Waals surface area contributed by atoms with E-state index in [1.54, 1.807) is 12.1 Å². The van der Waals surface area contributed by atoms with Gasteiger partial charge in [-0.2, -0.15) is 5.10 Å². The Labute approximate surface area is 152 Å². The van der Waals surface area contributed by atoms with Crippen LogP contribution < -0.4 is 5.32 Å². The SMILES string of the molecule is CC1(C)Cc2c(cnn2-c2ccc(F)cc2)[C@@H](NC(=O)[C@@H]2CCCO2)C1. The Bertz CT molecular complexity index is 807. The number of amides is 1. The minimum absolute atomic E-state index is 0.0271. The molecule has 5 nitrogen and oxygen atoms in total. The monoisotopic (exact) mass is 357 g/mol. The molecule has 4 rings (SSSR count). The lowest BCUT2D eigenvalue weighted by atomic mass is 9.74. The molecule has 6 heteroatoms. The Balaban J connectivity index is 1.65. The minimum atomic E-state index is -0.337. The van der Waals surface area contributed by atoms with Crippen LogP contribution in [0.4, 0.5) is 4.39 Å². The predicted octanol–water partition coefficient (Wildman–Crippen LogP) is 3.32. The molecule has 0 bridgehead atoms. The van der Waals surface area contributed by atoms with Gasteiger partial charge in [0.1, 0.15) is 11.9 Å². The molecule has 26 heavy (non-hydrogen) atoms. The van der Waals surface area contributed by atoms with Crippen LogP contribution in [0.15, 0.2) is 30.5 Å². The number of nitrogens with zero attached hydrogens (tertiary/aromatic N) is 2. The lowest BCUT2D eigenvalue weighted by Crippen LogP contribution is -2.41. The van der Waals surface area contributed by atoms with Crippen molar-refractivity contribution >= 4 is 5.91 Å². The van der Waals surface area contributed by atoms with E-state index in [2.05, 4.69) is 24.3 Å². The number of carbonyl (C=O) groups is 1. The first-order valence-corrected chi connectivity index (χ1v) is 9.18. The third-order valence-electron chi connectivity index (χ3n) is 5.29. The Kier molecular flexibility index (Phi) is 4.31. The van der Waals surface area contributed by atoms with Crippen LogP contribution in [0.3, 0.4) is 0 Å². The van der Waals surface area contributed by atoms with Crippen molar-refractivity contribution in [1.82, 2.24) is 15.1 Å². The summed E-state index contributed by atoms with van der Waals surface area (Å²) in [5.74, 6) is -0.303. The fourth-order valence-electron chi connectivity index (χ4n) is 4.03. The molecule has 1 amide bonds. The summed E-state index contributed by atoms with van der Waals surface area (Å²) in [5, 5.41) is 7.70. The molecule has 2 atom stereocenters. The first-order valence-electron chi connectivity index (χ1n) is 9.18. The molecular weight excluding hydrogens is 333 g/mol. The van der Waals surface area contributed by atoms with E-state index in [1.807, 2.05) is 10.9 Å². The van der Waals surface area contributed by atoms with E-state index in [0.29, 0.717) is 6.61 Å². The van der Waals surface area contributed by atoms with Gasteiger partial charge in [0.2, 0.25) is 5.91 Å². The molecule has 2 aromatic rings. The number of halogens is 1. The standard InChI is InChI=1S/C20H24FN3O2/c1-20(2)10-16(23-19(25)18-4-3-9-26-18)15-12-22-24(17(15)11-20)14-7-5-13(21)6-8-14/h5-8,12,16,18H,3-4,9-11H2,1-2H3,(H,23,25)/t16-,18-/m0/s1. The Morgan fingerprint density at radius 1 is 1.35 bits per heavy atom. The van der Waals surface area contributed by atoms with Crippen molar-refractivity contribution in [3.05, 3.63) is 47.5 Å². The summed E-state index contributed by atoms with van der Waals surface area (Å²) >= 11 is 0. The number of rotatable bonds is 3. The third kappa shape index (κ3) is 3.26. The molecule has 1 aromatic heterocycles. The molecule has 0 unspecified atom stereocenters. The molecule has 1 N–H and O–H groups in total. The summed E-state index contributed by atoms with van der Waals surface area (Å²) in [6.07, 6.45) is 4.91. The molecule has 2 aliphatic rings. The molecule has 1 aromatic carbocycles. The highest BCUT2D eigenvalue weighted by atomic mass is 19.1. The quantitative estimate of drug-likeness (QED) is 0.917. The number of fused-ring (bicyclic) bond motifs is 1. The van der Waals surface area contributed by atoms with Gasteiger partial charge in [0, 0.05) is 12.2 Å². The lowest BCUT2D eigenvalue weighted by Gasteiger charge is -2.36. The zero-order valence-corrected chi connectivity index (χ0v) is 15.2. The Morgan fingerprint density at radius 3 is 2.81 bits per heavy atom. The number of ether oxygens (including phenoxy) is 1. The number of nitrogens with one attached hydrogen (secondary N) is 1. The molecule has 1 saturated heterocycles. The van der Waals surface area contributed by atoms with Crippen molar-refractivity contribution in [3.8, 4) is 5.69 Å². The predicted molar refractivity (Wildman–Crippen MR) is 95.5 cm³/mol. The van der Waals surface area contributed by atoms with Gasteiger partial charge < -0.3 is 10.1 Å². The Hall–Kier alpha value is -2.21. The van der Waals surface area contributed by atoms with Crippen LogP contribution in [0.2, 0.25) is 0 Å².